The van der Waals surface area contributed by atoms with E-state index < -0.39 is 0 Å². The van der Waals surface area contributed by atoms with Gasteiger partial charge in [0.05, 0.1) is 22.4 Å². The van der Waals surface area contributed by atoms with Crippen LogP contribution in [0.25, 0.3) is 44.5 Å². The van der Waals surface area contributed by atoms with Crippen LogP contribution in [-0.4, -0.2) is 19.8 Å². The average Bonchev–Trinajstić information content (AvgIpc) is 3.54. The number of hydrogen-bond donors (Lipinski definition) is 1. The second-order valence-corrected chi connectivity index (χ2v) is 8.47. The van der Waals surface area contributed by atoms with Crippen molar-refractivity contribution in [2.75, 3.05) is 5.84 Å². The molecule has 158 valence electrons. The van der Waals surface area contributed by atoms with Crippen LogP contribution >= 0.6 is 0 Å². The van der Waals surface area contributed by atoms with E-state index in [0.717, 1.165) is 74.7 Å². The molecule has 6 rings (SSSR count). The Kier molecular flexibility index (Phi) is 4.15. The molecule has 6 heteroatoms. The number of rotatable bonds is 4. The Labute approximate surface area is 185 Å². The number of pyridine rings is 1. The Balaban J connectivity index is 1.68. The number of imidazole rings is 1. The van der Waals surface area contributed by atoms with Crippen molar-refractivity contribution in [3.63, 3.8) is 0 Å². The summed E-state index contributed by atoms with van der Waals surface area (Å²) in [7, 11) is 0. The van der Waals surface area contributed by atoms with Crippen LogP contribution in [0.4, 0.5) is 0 Å². The van der Waals surface area contributed by atoms with E-state index in [-0.39, 0.29) is 0 Å². The highest BCUT2D eigenvalue weighted by atomic mass is 16.5. The van der Waals surface area contributed by atoms with Crippen molar-refractivity contribution >= 4 is 11.0 Å². The molecule has 1 fully saturated rings. The molecule has 0 aliphatic heterocycles. The normalized spacial score (nSPS) is 13.7. The molecule has 3 heterocycles. The van der Waals surface area contributed by atoms with Crippen molar-refractivity contribution in [3.05, 3.63) is 78.1 Å². The Morgan fingerprint density at radius 3 is 2.50 bits per heavy atom. The third kappa shape index (κ3) is 2.91. The summed E-state index contributed by atoms with van der Waals surface area (Å²) in [6.07, 6.45) is 4.10. The van der Waals surface area contributed by atoms with Crippen molar-refractivity contribution in [2.45, 2.75) is 32.6 Å². The van der Waals surface area contributed by atoms with Crippen LogP contribution in [0.1, 0.15) is 36.0 Å². The van der Waals surface area contributed by atoms with Crippen LogP contribution in [0.15, 0.2) is 65.3 Å². The second-order valence-electron chi connectivity index (χ2n) is 8.47. The van der Waals surface area contributed by atoms with E-state index in [1.165, 1.54) is 0 Å². The molecule has 1 saturated carbocycles. The van der Waals surface area contributed by atoms with E-state index in [1.54, 1.807) is 4.68 Å². The second kappa shape index (κ2) is 7.05. The maximum absolute atomic E-state index is 6.57. The Hall–Kier alpha value is -3.93. The van der Waals surface area contributed by atoms with E-state index >= 15 is 0 Å². The average molecular weight is 422 g/mol. The van der Waals surface area contributed by atoms with E-state index in [1.807, 2.05) is 44.3 Å². The lowest BCUT2D eigenvalue weighted by Crippen LogP contribution is -2.11. The number of benzene rings is 2. The van der Waals surface area contributed by atoms with E-state index in [9.17, 15) is 0 Å². The number of aryl methyl sites for hydroxylation is 2. The topological polar surface area (TPSA) is 82.8 Å². The molecule has 0 spiro atoms. The molecule has 2 aromatic carbocycles. The summed E-state index contributed by atoms with van der Waals surface area (Å²) in [5.74, 6) is 8.74. The zero-order valence-corrected chi connectivity index (χ0v) is 18.0. The summed E-state index contributed by atoms with van der Waals surface area (Å²) in [5.41, 5.74) is 8.69. The molecule has 0 atom stereocenters. The molecule has 1 aliphatic carbocycles. The number of aromatic nitrogens is 4. The largest absolute Gasteiger partial charge is 0.361 e. The monoisotopic (exact) mass is 421 g/mol. The number of nitrogens with two attached hydrogens (primary N) is 1. The summed E-state index contributed by atoms with van der Waals surface area (Å²) in [4.78, 5) is 9.76. The van der Waals surface area contributed by atoms with Gasteiger partial charge in [0.15, 0.2) is 0 Å². The summed E-state index contributed by atoms with van der Waals surface area (Å²) in [6, 6.07) is 18.6. The molecule has 5 aromatic rings. The van der Waals surface area contributed by atoms with E-state index in [4.69, 9.17) is 20.3 Å². The molecule has 0 radical (unpaired) electrons. The predicted molar refractivity (Wildman–Crippen MR) is 125 cm³/mol. The third-order valence-electron chi connectivity index (χ3n) is 6.23. The fourth-order valence-electron chi connectivity index (χ4n) is 4.54. The van der Waals surface area contributed by atoms with Crippen LogP contribution in [0.2, 0.25) is 0 Å². The third-order valence-corrected chi connectivity index (χ3v) is 6.23. The maximum atomic E-state index is 6.57. The minimum Gasteiger partial charge on any atom is -0.361 e. The first-order valence-corrected chi connectivity index (χ1v) is 10.9. The SMILES string of the molecule is Cc1noc(C)c1-c1cc(-c2cccnc2-c2ccccc2)c2nc(C3CC3)n(N)c2c1. The smallest absolute Gasteiger partial charge is 0.141 e. The van der Waals surface area contributed by atoms with Gasteiger partial charge in [-0.1, -0.05) is 41.6 Å². The molecule has 32 heavy (non-hydrogen) atoms. The van der Waals surface area contributed by atoms with Crippen LogP contribution in [0, 0.1) is 13.8 Å². The number of nitrogens with zero attached hydrogens (tertiary/aromatic N) is 4. The number of nitrogen functional groups attached to an aromatic ring is 1. The van der Waals surface area contributed by atoms with Crippen LogP contribution in [0.3, 0.4) is 0 Å². The molecular weight excluding hydrogens is 398 g/mol. The van der Waals surface area contributed by atoms with Gasteiger partial charge in [0.2, 0.25) is 0 Å². The van der Waals surface area contributed by atoms with Crippen LogP contribution in [-0.2, 0) is 0 Å². The van der Waals surface area contributed by atoms with Crippen LogP contribution in [0.5, 0.6) is 0 Å². The lowest BCUT2D eigenvalue weighted by molar-refractivity contribution is 0.393. The summed E-state index contributed by atoms with van der Waals surface area (Å²) in [6.45, 7) is 3.90. The van der Waals surface area contributed by atoms with Gasteiger partial charge in [-0.2, -0.15) is 0 Å². The summed E-state index contributed by atoms with van der Waals surface area (Å²) < 4.78 is 7.23. The quantitative estimate of drug-likeness (QED) is 0.380. The first-order valence-electron chi connectivity index (χ1n) is 10.9. The van der Waals surface area contributed by atoms with Gasteiger partial charge >= 0.3 is 0 Å². The maximum Gasteiger partial charge on any atom is 0.141 e. The molecule has 0 saturated heterocycles. The van der Waals surface area contributed by atoms with E-state index in [0.29, 0.717) is 5.92 Å². The first kappa shape index (κ1) is 18.8. The zero-order valence-electron chi connectivity index (χ0n) is 18.0. The highest BCUT2D eigenvalue weighted by Gasteiger charge is 2.30. The lowest BCUT2D eigenvalue weighted by atomic mass is 9.94. The van der Waals surface area contributed by atoms with Crippen molar-refractivity contribution in [1.29, 1.82) is 0 Å². The predicted octanol–water partition coefficient (Wildman–Crippen LogP) is 5.63. The summed E-state index contributed by atoms with van der Waals surface area (Å²) in [5, 5.41) is 4.17. The van der Waals surface area contributed by atoms with Gasteiger partial charge in [0.1, 0.15) is 11.6 Å². The Bertz CT molecular complexity index is 1440. The molecule has 1 aliphatic rings. The highest BCUT2D eigenvalue weighted by Crippen LogP contribution is 2.43. The minimum absolute atomic E-state index is 0.435. The first-order chi connectivity index (χ1) is 15.6. The molecule has 2 N–H and O–H groups in total. The van der Waals surface area contributed by atoms with Gasteiger partial charge in [-0.05, 0) is 50.5 Å². The minimum atomic E-state index is 0.435. The van der Waals surface area contributed by atoms with Crippen molar-refractivity contribution in [3.8, 4) is 33.5 Å². The Morgan fingerprint density at radius 1 is 0.969 bits per heavy atom. The van der Waals surface area contributed by atoms with Crippen molar-refractivity contribution in [2.24, 2.45) is 0 Å². The number of hydrogen-bond acceptors (Lipinski definition) is 5. The molecule has 0 bridgehead atoms. The fraction of sp³-hybridized carbons (Fsp3) is 0.192. The number of fused-ring (bicyclic) bond motifs is 1. The molecule has 0 unspecified atom stereocenters. The molecule has 6 nitrogen and oxygen atoms in total. The highest BCUT2D eigenvalue weighted by molar-refractivity contribution is 6.00. The van der Waals surface area contributed by atoms with E-state index in [2.05, 4.69) is 35.5 Å². The van der Waals surface area contributed by atoms with Gasteiger partial charge in [0.25, 0.3) is 0 Å². The van der Waals surface area contributed by atoms with Gasteiger partial charge < -0.3 is 10.4 Å². The van der Waals surface area contributed by atoms with Crippen LogP contribution < -0.4 is 5.84 Å². The summed E-state index contributed by atoms with van der Waals surface area (Å²) >= 11 is 0. The van der Waals surface area contributed by atoms with Gasteiger partial charge in [0, 0.05) is 34.4 Å². The van der Waals surface area contributed by atoms with Crippen molar-refractivity contribution < 1.29 is 4.52 Å². The zero-order chi connectivity index (χ0) is 21.8. The lowest BCUT2D eigenvalue weighted by Gasteiger charge is -2.12. The van der Waals surface area contributed by atoms with Gasteiger partial charge in [-0.25, -0.2) is 9.66 Å². The molecule has 0 amide bonds. The van der Waals surface area contributed by atoms with Crippen molar-refractivity contribution in [1.82, 2.24) is 19.8 Å². The Morgan fingerprint density at radius 2 is 1.78 bits per heavy atom. The molecule has 3 aromatic heterocycles. The standard InChI is InChI=1S/C26H23N5O/c1-15-23(16(2)32-30-15)19-13-21(25-22(14-19)31(27)26(29-25)18-10-11-18)20-9-6-12-28-24(20)17-7-4-3-5-8-17/h3-9,12-14,18H,10-11,27H2,1-2H3. The van der Waals surface area contributed by atoms with Gasteiger partial charge in [-0.3, -0.25) is 4.98 Å². The fourth-order valence-corrected chi connectivity index (χ4v) is 4.54. The van der Waals surface area contributed by atoms with Gasteiger partial charge in [-0.15, -0.1) is 0 Å². The molecular formula is C26H23N5O.